The Morgan fingerprint density at radius 3 is 2.94 bits per heavy atom. The van der Waals surface area contributed by atoms with Gasteiger partial charge in [-0.1, -0.05) is 26.3 Å². The zero-order valence-corrected chi connectivity index (χ0v) is 11.1. The van der Waals surface area contributed by atoms with Gasteiger partial charge in [0.2, 0.25) is 0 Å². The molecule has 0 saturated carbocycles. The minimum Gasteiger partial charge on any atom is -0.327 e. The van der Waals surface area contributed by atoms with E-state index in [2.05, 4.69) is 24.9 Å². The van der Waals surface area contributed by atoms with Crippen molar-refractivity contribution in [2.24, 2.45) is 5.73 Å². The van der Waals surface area contributed by atoms with Crippen molar-refractivity contribution in [1.29, 1.82) is 0 Å². The van der Waals surface area contributed by atoms with Gasteiger partial charge in [0, 0.05) is 12.2 Å². The second-order valence-electron chi connectivity index (χ2n) is 4.04. The fourth-order valence-electron chi connectivity index (χ4n) is 1.45. The van der Waals surface area contributed by atoms with E-state index in [1.165, 1.54) is 23.4 Å². The maximum Gasteiger partial charge on any atom is 0.0992 e. The third kappa shape index (κ3) is 4.54. The van der Waals surface area contributed by atoms with Gasteiger partial charge in [0.15, 0.2) is 0 Å². The van der Waals surface area contributed by atoms with Gasteiger partial charge in [-0.05, 0) is 36.6 Å². The summed E-state index contributed by atoms with van der Waals surface area (Å²) < 4.78 is 0. The van der Waals surface area contributed by atoms with E-state index in [1.54, 1.807) is 0 Å². The van der Waals surface area contributed by atoms with Gasteiger partial charge in [0.25, 0.3) is 0 Å². The third-order valence-electron chi connectivity index (χ3n) is 2.59. The van der Waals surface area contributed by atoms with Crippen molar-refractivity contribution in [1.82, 2.24) is 4.98 Å². The second-order valence-corrected chi connectivity index (χ2v) is 5.13. The van der Waals surface area contributed by atoms with Crippen LogP contribution >= 0.6 is 11.8 Å². The lowest BCUT2D eigenvalue weighted by molar-refractivity contribution is 0.637. The smallest absolute Gasteiger partial charge is 0.0992 e. The molecular weight excluding hydrogens is 216 g/mol. The molecule has 0 aliphatic rings. The highest BCUT2D eigenvalue weighted by Crippen LogP contribution is 2.22. The molecule has 0 aliphatic heterocycles. The van der Waals surface area contributed by atoms with Crippen LogP contribution in [0.5, 0.6) is 0 Å². The van der Waals surface area contributed by atoms with Gasteiger partial charge in [0.05, 0.1) is 5.03 Å². The van der Waals surface area contributed by atoms with Crippen molar-refractivity contribution in [2.75, 3.05) is 5.75 Å². The number of nitrogens with two attached hydrogens (primary N) is 1. The van der Waals surface area contributed by atoms with E-state index in [0.29, 0.717) is 0 Å². The maximum absolute atomic E-state index is 5.99. The van der Waals surface area contributed by atoms with Crippen LogP contribution in [0.4, 0.5) is 0 Å². The monoisotopic (exact) mass is 238 g/mol. The number of nitrogens with zero attached hydrogens (tertiary/aromatic N) is 1. The Hall–Kier alpha value is -0.540. The molecule has 1 aromatic rings. The van der Waals surface area contributed by atoms with Crippen LogP contribution in [0.15, 0.2) is 23.4 Å². The van der Waals surface area contributed by atoms with Crippen molar-refractivity contribution in [3.05, 3.63) is 23.9 Å². The van der Waals surface area contributed by atoms with Gasteiger partial charge in [0.1, 0.15) is 0 Å². The summed E-state index contributed by atoms with van der Waals surface area (Å²) in [7, 11) is 0. The van der Waals surface area contributed by atoms with Gasteiger partial charge in [-0.3, -0.25) is 0 Å². The number of pyridine rings is 1. The molecule has 1 rings (SSSR count). The molecule has 16 heavy (non-hydrogen) atoms. The Morgan fingerprint density at radius 1 is 1.44 bits per heavy atom. The van der Waals surface area contributed by atoms with Crippen LogP contribution in [0.25, 0.3) is 0 Å². The number of thioether (sulfide) groups is 1. The average molecular weight is 238 g/mol. The number of unbranched alkanes of at least 4 members (excludes halogenated alkanes) is 1. The fourth-order valence-corrected chi connectivity index (χ4v) is 2.55. The lowest BCUT2D eigenvalue weighted by Gasteiger charge is -2.11. The molecule has 2 nitrogen and oxygen atoms in total. The number of rotatable bonds is 7. The molecule has 1 heterocycles. The zero-order chi connectivity index (χ0) is 11.8. The van der Waals surface area contributed by atoms with E-state index in [4.69, 9.17) is 5.73 Å². The molecule has 0 aromatic carbocycles. The normalized spacial score (nSPS) is 12.7. The number of aromatic nitrogens is 1. The Kier molecular flexibility index (Phi) is 6.50. The lowest BCUT2D eigenvalue weighted by atomic mass is 10.1. The predicted molar refractivity (Wildman–Crippen MR) is 71.8 cm³/mol. The van der Waals surface area contributed by atoms with E-state index in [1.807, 2.05) is 24.0 Å². The Balaban J connectivity index is 2.60. The predicted octanol–water partition coefficient (Wildman–Crippen LogP) is 3.25. The fraction of sp³-hybridized carbons (Fsp3) is 0.615. The summed E-state index contributed by atoms with van der Waals surface area (Å²) >= 11 is 1.86. The molecule has 0 saturated heterocycles. The number of hydrogen-bond acceptors (Lipinski definition) is 3. The molecule has 1 aromatic heterocycles. The molecular formula is C13H22N2S. The Labute approximate surface area is 103 Å². The molecule has 90 valence electrons. The summed E-state index contributed by atoms with van der Waals surface area (Å²) in [5.41, 5.74) is 7.30. The Morgan fingerprint density at radius 2 is 2.25 bits per heavy atom. The first-order valence-corrected chi connectivity index (χ1v) is 7.08. The van der Waals surface area contributed by atoms with Gasteiger partial charge in [-0.2, -0.15) is 0 Å². The third-order valence-corrected chi connectivity index (χ3v) is 3.73. The highest BCUT2D eigenvalue weighted by atomic mass is 32.2. The van der Waals surface area contributed by atoms with Gasteiger partial charge in [-0.15, -0.1) is 11.8 Å². The summed E-state index contributed by atoms with van der Waals surface area (Å²) in [5, 5.41) is 1.17. The minimum absolute atomic E-state index is 0.259. The minimum atomic E-state index is 0.259. The Bertz CT molecular complexity index is 302. The molecule has 0 fully saturated rings. The largest absolute Gasteiger partial charge is 0.327 e. The van der Waals surface area contributed by atoms with Crippen molar-refractivity contribution < 1.29 is 0 Å². The molecule has 3 heteroatoms. The van der Waals surface area contributed by atoms with Crippen LogP contribution in [0, 0.1) is 0 Å². The van der Waals surface area contributed by atoms with E-state index < -0.39 is 0 Å². The summed E-state index contributed by atoms with van der Waals surface area (Å²) in [6.45, 7) is 4.35. The van der Waals surface area contributed by atoms with Crippen LogP contribution in [0.1, 0.15) is 38.7 Å². The molecule has 1 unspecified atom stereocenters. The molecule has 0 radical (unpaired) electrons. The molecule has 0 bridgehead atoms. The van der Waals surface area contributed by atoms with Crippen molar-refractivity contribution in [2.45, 2.75) is 50.6 Å². The highest BCUT2D eigenvalue weighted by Gasteiger charge is 2.07. The first-order valence-electron chi connectivity index (χ1n) is 6.10. The summed E-state index contributed by atoms with van der Waals surface area (Å²) in [6.07, 6.45) is 6.33. The first-order chi connectivity index (χ1) is 7.77. The van der Waals surface area contributed by atoms with E-state index >= 15 is 0 Å². The van der Waals surface area contributed by atoms with E-state index in [-0.39, 0.29) is 6.04 Å². The van der Waals surface area contributed by atoms with Crippen molar-refractivity contribution >= 4 is 11.8 Å². The highest BCUT2D eigenvalue weighted by molar-refractivity contribution is 7.99. The maximum atomic E-state index is 5.99. The van der Waals surface area contributed by atoms with Gasteiger partial charge in [-0.25, -0.2) is 4.98 Å². The molecule has 2 N–H and O–H groups in total. The van der Waals surface area contributed by atoms with Gasteiger partial charge >= 0.3 is 0 Å². The number of hydrogen-bond donors (Lipinski definition) is 1. The molecule has 1 atom stereocenters. The quantitative estimate of drug-likeness (QED) is 0.585. The molecule has 0 amide bonds. The molecule has 0 aliphatic carbocycles. The standard InChI is InChI=1S/C13H22N2S/c1-3-5-9-16-13-11(7-6-8-15-13)10-12(14)4-2/h6-8,12H,3-5,9-10,14H2,1-2H3. The summed E-state index contributed by atoms with van der Waals surface area (Å²) in [6, 6.07) is 4.41. The molecule has 0 spiro atoms. The summed E-state index contributed by atoms with van der Waals surface area (Å²) in [5.74, 6) is 1.15. The van der Waals surface area contributed by atoms with Crippen LogP contribution < -0.4 is 5.73 Å². The lowest BCUT2D eigenvalue weighted by Crippen LogP contribution is -2.21. The zero-order valence-electron chi connectivity index (χ0n) is 10.3. The SMILES string of the molecule is CCCCSc1ncccc1CC(N)CC. The average Bonchev–Trinajstić information content (AvgIpc) is 2.31. The first kappa shape index (κ1) is 13.5. The van der Waals surface area contributed by atoms with Crippen LogP contribution in [0.2, 0.25) is 0 Å². The topological polar surface area (TPSA) is 38.9 Å². The van der Waals surface area contributed by atoms with Crippen molar-refractivity contribution in [3.63, 3.8) is 0 Å². The second kappa shape index (κ2) is 7.69. The van der Waals surface area contributed by atoms with Crippen LogP contribution in [-0.2, 0) is 6.42 Å². The van der Waals surface area contributed by atoms with Crippen molar-refractivity contribution in [3.8, 4) is 0 Å². The van der Waals surface area contributed by atoms with Crippen LogP contribution in [0.3, 0.4) is 0 Å². The van der Waals surface area contributed by atoms with E-state index in [0.717, 1.165) is 18.6 Å². The summed E-state index contributed by atoms with van der Waals surface area (Å²) in [4.78, 5) is 4.45. The van der Waals surface area contributed by atoms with Gasteiger partial charge < -0.3 is 5.73 Å². The van der Waals surface area contributed by atoms with Crippen LogP contribution in [-0.4, -0.2) is 16.8 Å². The van der Waals surface area contributed by atoms with E-state index in [9.17, 15) is 0 Å².